The summed E-state index contributed by atoms with van der Waals surface area (Å²) < 4.78 is -0.200. The molecule has 0 saturated heterocycles. The third-order valence-corrected chi connectivity index (χ3v) is 3.55. The van der Waals surface area contributed by atoms with E-state index in [1.165, 1.54) is 12.8 Å². The van der Waals surface area contributed by atoms with Gasteiger partial charge in [-0.15, -0.1) is 11.8 Å². The standard InChI is InChI=1S/C10H20OS/c1-6-7-8(2)12-10(4,5)9(3)11/h8H,6-7H2,1-5H3. The molecule has 0 fully saturated rings. The number of ketones is 1. The first kappa shape index (κ1) is 12.0. The van der Waals surface area contributed by atoms with Gasteiger partial charge in [0.05, 0.1) is 4.75 Å². The number of thioether (sulfide) groups is 1. The molecule has 0 aliphatic heterocycles. The van der Waals surface area contributed by atoms with E-state index in [0.717, 1.165) is 0 Å². The van der Waals surface area contributed by atoms with Gasteiger partial charge in [-0.2, -0.15) is 0 Å². The Bertz CT molecular complexity index is 152. The Morgan fingerprint density at radius 3 is 2.33 bits per heavy atom. The summed E-state index contributed by atoms with van der Waals surface area (Å²) in [6, 6.07) is 0. The summed E-state index contributed by atoms with van der Waals surface area (Å²) in [5.41, 5.74) is 0. The van der Waals surface area contributed by atoms with Gasteiger partial charge in [-0.05, 0) is 27.2 Å². The van der Waals surface area contributed by atoms with Crippen molar-refractivity contribution in [1.29, 1.82) is 0 Å². The van der Waals surface area contributed by atoms with Crippen LogP contribution < -0.4 is 0 Å². The quantitative estimate of drug-likeness (QED) is 0.658. The molecule has 12 heavy (non-hydrogen) atoms. The highest BCUT2D eigenvalue weighted by molar-refractivity contribution is 8.01. The van der Waals surface area contributed by atoms with E-state index < -0.39 is 0 Å². The van der Waals surface area contributed by atoms with Crippen molar-refractivity contribution in [1.82, 2.24) is 0 Å². The van der Waals surface area contributed by atoms with Crippen molar-refractivity contribution in [3.8, 4) is 0 Å². The molecule has 0 radical (unpaired) electrons. The Balaban J connectivity index is 3.96. The number of hydrogen-bond acceptors (Lipinski definition) is 2. The van der Waals surface area contributed by atoms with Crippen LogP contribution in [0.5, 0.6) is 0 Å². The van der Waals surface area contributed by atoms with Crippen molar-refractivity contribution in [2.75, 3.05) is 0 Å². The molecule has 0 saturated carbocycles. The van der Waals surface area contributed by atoms with E-state index >= 15 is 0 Å². The summed E-state index contributed by atoms with van der Waals surface area (Å²) in [4.78, 5) is 11.2. The van der Waals surface area contributed by atoms with Crippen LogP contribution in [0.3, 0.4) is 0 Å². The van der Waals surface area contributed by atoms with Gasteiger partial charge < -0.3 is 0 Å². The van der Waals surface area contributed by atoms with Gasteiger partial charge in [0, 0.05) is 5.25 Å². The molecule has 0 bridgehead atoms. The Kier molecular flexibility index (Phi) is 4.91. The molecular weight excluding hydrogens is 168 g/mol. The monoisotopic (exact) mass is 188 g/mol. The fourth-order valence-electron chi connectivity index (χ4n) is 1.05. The topological polar surface area (TPSA) is 17.1 Å². The first-order valence-corrected chi connectivity index (χ1v) is 5.47. The fraction of sp³-hybridized carbons (Fsp3) is 0.900. The van der Waals surface area contributed by atoms with Gasteiger partial charge in [0.15, 0.2) is 0 Å². The van der Waals surface area contributed by atoms with Gasteiger partial charge in [-0.25, -0.2) is 0 Å². The molecule has 0 amide bonds. The molecule has 72 valence electrons. The van der Waals surface area contributed by atoms with Crippen molar-refractivity contribution < 1.29 is 4.79 Å². The zero-order chi connectivity index (χ0) is 9.78. The van der Waals surface area contributed by atoms with Crippen LogP contribution in [0.25, 0.3) is 0 Å². The molecule has 0 aromatic carbocycles. The van der Waals surface area contributed by atoms with Gasteiger partial charge >= 0.3 is 0 Å². The number of carbonyl (C=O) groups is 1. The summed E-state index contributed by atoms with van der Waals surface area (Å²) >= 11 is 1.78. The lowest BCUT2D eigenvalue weighted by molar-refractivity contribution is -0.118. The van der Waals surface area contributed by atoms with Crippen LogP contribution in [-0.2, 0) is 4.79 Å². The predicted molar refractivity (Wildman–Crippen MR) is 56.7 cm³/mol. The number of carbonyl (C=O) groups excluding carboxylic acids is 1. The second-order valence-electron chi connectivity index (χ2n) is 3.78. The number of Topliss-reactive ketones (excluding diaryl/α,β-unsaturated/α-hetero) is 1. The molecule has 1 atom stereocenters. The van der Waals surface area contributed by atoms with Crippen LogP contribution in [0, 0.1) is 0 Å². The Labute approximate surface area is 80.3 Å². The highest BCUT2D eigenvalue weighted by atomic mass is 32.2. The first-order valence-electron chi connectivity index (χ1n) is 4.59. The summed E-state index contributed by atoms with van der Waals surface area (Å²) in [7, 11) is 0. The predicted octanol–water partition coefficient (Wildman–Crippen LogP) is 3.28. The Morgan fingerprint density at radius 2 is 2.00 bits per heavy atom. The SMILES string of the molecule is CCCC(C)SC(C)(C)C(C)=O. The van der Waals surface area contributed by atoms with Crippen LogP contribution in [0.2, 0.25) is 0 Å². The summed E-state index contributed by atoms with van der Waals surface area (Å²) in [6.45, 7) is 10.1. The molecule has 0 aliphatic carbocycles. The van der Waals surface area contributed by atoms with Gasteiger partial charge in [-0.1, -0.05) is 20.3 Å². The minimum atomic E-state index is -0.200. The number of rotatable bonds is 5. The lowest BCUT2D eigenvalue weighted by Gasteiger charge is -2.24. The smallest absolute Gasteiger partial charge is 0.145 e. The molecule has 0 N–H and O–H groups in total. The largest absolute Gasteiger partial charge is 0.298 e. The highest BCUT2D eigenvalue weighted by Crippen LogP contribution is 2.31. The maximum atomic E-state index is 11.2. The van der Waals surface area contributed by atoms with Gasteiger partial charge in [0.25, 0.3) is 0 Å². The van der Waals surface area contributed by atoms with Crippen LogP contribution in [0.4, 0.5) is 0 Å². The van der Waals surface area contributed by atoms with Crippen molar-refractivity contribution >= 4 is 17.5 Å². The second-order valence-corrected chi connectivity index (χ2v) is 5.84. The van der Waals surface area contributed by atoms with E-state index in [2.05, 4.69) is 13.8 Å². The van der Waals surface area contributed by atoms with Gasteiger partial charge in [-0.3, -0.25) is 4.79 Å². The van der Waals surface area contributed by atoms with E-state index in [9.17, 15) is 4.79 Å². The van der Waals surface area contributed by atoms with Crippen molar-refractivity contribution in [2.45, 2.75) is 57.5 Å². The van der Waals surface area contributed by atoms with Crippen LogP contribution >= 0.6 is 11.8 Å². The third kappa shape index (κ3) is 4.15. The first-order chi connectivity index (χ1) is 5.40. The molecule has 0 heterocycles. The van der Waals surface area contributed by atoms with E-state index in [1.54, 1.807) is 18.7 Å². The Morgan fingerprint density at radius 1 is 1.50 bits per heavy atom. The molecule has 0 spiro atoms. The van der Waals surface area contributed by atoms with E-state index in [4.69, 9.17) is 0 Å². The van der Waals surface area contributed by atoms with E-state index in [-0.39, 0.29) is 10.5 Å². The molecule has 1 nitrogen and oxygen atoms in total. The normalized spacial score (nSPS) is 14.4. The van der Waals surface area contributed by atoms with Crippen LogP contribution in [0.1, 0.15) is 47.5 Å². The zero-order valence-electron chi connectivity index (χ0n) is 8.81. The van der Waals surface area contributed by atoms with Gasteiger partial charge in [0.1, 0.15) is 5.78 Å². The van der Waals surface area contributed by atoms with Gasteiger partial charge in [0.2, 0.25) is 0 Å². The molecule has 0 rings (SSSR count). The van der Waals surface area contributed by atoms with Crippen LogP contribution in [-0.4, -0.2) is 15.8 Å². The van der Waals surface area contributed by atoms with E-state index in [0.29, 0.717) is 5.25 Å². The summed E-state index contributed by atoms with van der Waals surface area (Å²) in [5.74, 6) is 0.274. The summed E-state index contributed by atoms with van der Waals surface area (Å²) in [5, 5.41) is 0.592. The Hall–Kier alpha value is 0.0200. The van der Waals surface area contributed by atoms with E-state index in [1.807, 2.05) is 13.8 Å². The minimum absolute atomic E-state index is 0.200. The molecular formula is C10H20OS. The fourth-order valence-corrected chi connectivity index (χ4v) is 2.58. The van der Waals surface area contributed by atoms with Crippen molar-refractivity contribution in [2.24, 2.45) is 0 Å². The average Bonchev–Trinajstić information content (AvgIpc) is 1.85. The average molecular weight is 188 g/mol. The molecule has 2 heteroatoms. The highest BCUT2D eigenvalue weighted by Gasteiger charge is 2.26. The van der Waals surface area contributed by atoms with Crippen molar-refractivity contribution in [3.05, 3.63) is 0 Å². The zero-order valence-corrected chi connectivity index (χ0v) is 9.62. The maximum absolute atomic E-state index is 11.2. The second kappa shape index (κ2) is 4.90. The lowest BCUT2D eigenvalue weighted by atomic mass is 10.1. The molecule has 0 aliphatic rings. The van der Waals surface area contributed by atoms with Crippen LogP contribution in [0.15, 0.2) is 0 Å². The number of hydrogen-bond donors (Lipinski definition) is 0. The third-order valence-electron chi connectivity index (χ3n) is 2.04. The molecule has 0 aromatic heterocycles. The minimum Gasteiger partial charge on any atom is -0.298 e. The lowest BCUT2D eigenvalue weighted by Crippen LogP contribution is -2.27. The molecule has 1 unspecified atom stereocenters. The molecule has 0 aromatic rings. The maximum Gasteiger partial charge on any atom is 0.145 e. The summed E-state index contributed by atoms with van der Waals surface area (Å²) in [6.07, 6.45) is 2.39. The van der Waals surface area contributed by atoms with Crippen molar-refractivity contribution in [3.63, 3.8) is 0 Å².